The van der Waals surface area contributed by atoms with Crippen LogP contribution in [0.2, 0.25) is 5.02 Å². The van der Waals surface area contributed by atoms with Gasteiger partial charge in [0.25, 0.3) is 11.7 Å². The second-order valence-corrected chi connectivity index (χ2v) is 6.42. The number of benzene rings is 2. The van der Waals surface area contributed by atoms with Crippen molar-refractivity contribution in [1.82, 2.24) is 10.3 Å². The Hall–Kier alpha value is -3.11. The van der Waals surface area contributed by atoms with E-state index < -0.39 is 0 Å². The van der Waals surface area contributed by atoms with E-state index in [1.54, 1.807) is 0 Å². The molecule has 2 aromatic carbocycles. The number of nitrogens with one attached hydrogen (secondary N) is 2. The maximum Gasteiger partial charge on any atom is 0.295 e. The van der Waals surface area contributed by atoms with Gasteiger partial charge in [0, 0.05) is 11.6 Å². The summed E-state index contributed by atoms with van der Waals surface area (Å²) in [7, 11) is 0. The number of imidazole rings is 1. The first-order valence-corrected chi connectivity index (χ1v) is 8.70. The highest BCUT2D eigenvalue weighted by Gasteiger charge is 2.24. The van der Waals surface area contributed by atoms with Gasteiger partial charge in [-0.1, -0.05) is 54.1 Å². The third-order valence-electron chi connectivity index (χ3n) is 4.22. The van der Waals surface area contributed by atoms with E-state index in [1.165, 1.54) is 0 Å². The monoisotopic (exact) mass is 362 g/mol. The molecule has 2 N–H and O–H groups in total. The molecule has 0 saturated heterocycles. The molecule has 5 heteroatoms. The van der Waals surface area contributed by atoms with Crippen LogP contribution in [-0.4, -0.2) is 10.9 Å². The summed E-state index contributed by atoms with van der Waals surface area (Å²) in [6, 6.07) is 23.2. The van der Waals surface area contributed by atoms with Crippen molar-refractivity contribution in [3.63, 3.8) is 0 Å². The van der Waals surface area contributed by atoms with Gasteiger partial charge in [0.1, 0.15) is 0 Å². The predicted octanol–water partition coefficient (Wildman–Crippen LogP) is 4.00. The highest BCUT2D eigenvalue weighted by Crippen LogP contribution is 2.21. The van der Waals surface area contributed by atoms with Gasteiger partial charge in [-0.25, -0.2) is 4.98 Å². The van der Waals surface area contributed by atoms with Gasteiger partial charge in [-0.3, -0.25) is 4.79 Å². The molecule has 0 aliphatic rings. The number of aromatic amines is 1. The van der Waals surface area contributed by atoms with Gasteiger partial charge in [-0.15, -0.1) is 0 Å². The largest absolute Gasteiger partial charge is 0.345 e. The number of hydrogen-bond acceptors (Lipinski definition) is 1. The lowest BCUT2D eigenvalue weighted by Crippen LogP contribution is -2.25. The zero-order valence-corrected chi connectivity index (χ0v) is 14.7. The smallest absolute Gasteiger partial charge is 0.295 e. The summed E-state index contributed by atoms with van der Waals surface area (Å²) in [5.74, 6) is 0.666. The quantitative estimate of drug-likeness (QED) is 0.529. The van der Waals surface area contributed by atoms with Gasteiger partial charge in [-0.05, 0) is 35.9 Å². The maximum absolute atomic E-state index is 12.8. The number of pyridine rings is 1. The number of H-pyrrole nitrogens is 1. The molecule has 128 valence electrons. The number of halogens is 1. The fourth-order valence-corrected chi connectivity index (χ4v) is 3.16. The minimum Gasteiger partial charge on any atom is -0.345 e. The average Bonchev–Trinajstić information content (AvgIpc) is 3.07. The lowest BCUT2D eigenvalue weighted by molar-refractivity contribution is -0.498. The van der Waals surface area contributed by atoms with E-state index in [0.29, 0.717) is 17.3 Å². The Kier molecular flexibility index (Phi) is 4.42. The summed E-state index contributed by atoms with van der Waals surface area (Å²) in [5.41, 5.74) is 3.31. The molecule has 0 saturated carbocycles. The van der Waals surface area contributed by atoms with E-state index in [1.807, 2.05) is 83.4 Å². The van der Waals surface area contributed by atoms with E-state index in [9.17, 15) is 4.79 Å². The SMILES string of the molecule is O=C(NCc1ccccc1)c1[nH]c(-c2cccc(Cl)c2)[n+]2ccccc12. The van der Waals surface area contributed by atoms with Crippen molar-refractivity contribution in [3.05, 3.63) is 95.3 Å². The fourth-order valence-electron chi connectivity index (χ4n) is 2.97. The summed E-state index contributed by atoms with van der Waals surface area (Å²) in [6.45, 7) is 0.476. The molecule has 4 aromatic rings. The summed E-state index contributed by atoms with van der Waals surface area (Å²) in [4.78, 5) is 16.0. The fraction of sp³-hybridized carbons (Fsp3) is 0.0476. The van der Waals surface area contributed by atoms with Crippen molar-refractivity contribution in [1.29, 1.82) is 0 Å². The average molecular weight is 363 g/mol. The van der Waals surface area contributed by atoms with E-state index in [4.69, 9.17) is 11.6 Å². The normalized spacial score (nSPS) is 10.8. The van der Waals surface area contributed by atoms with Gasteiger partial charge in [0.2, 0.25) is 5.69 Å². The molecule has 0 atom stereocenters. The highest BCUT2D eigenvalue weighted by molar-refractivity contribution is 6.30. The highest BCUT2D eigenvalue weighted by atomic mass is 35.5. The molecule has 4 nitrogen and oxygen atoms in total. The van der Waals surface area contributed by atoms with Crippen LogP contribution >= 0.6 is 11.6 Å². The van der Waals surface area contributed by atoms with Crippen LogP contribution in [0.3, 0.4) is 0 Å². The number of rotatable bonds is 4. The number of carbonyl (C=O) groups is 1. The topological polar surface area (TPSA) is 49.0 Å². The van der Waals surface area contributed by atoms with Crippen LogP contribution in [0.15, 0.2) is 79.0 Å². The standard InChI is InChI=1S/C21H16ClN3O/c22-17-10-6-9-16(13-17)20-24-19(18-11-4-5-12-25(18)20)21(26)23-14-15-7-2-1-3-8-15/h1-13H,14H2,(H,23,26)/p+1. The van der Waals surface area contributed by atoms with Crippen LogP contribution in [0.25, 0.3) is 16.9 Å². The predicted molar refractivity (Wildman–Crippen MR) is 102 cm³/mol. The molecule has 4 rings (SSSR count). The zero-order valence-electron chi connectivity index (χ0n) is 13.9. The van der Waals surface area contributed by atoms with Crippen LogP contribution in [0, 0.1) is 0 Å². The Morgan fingerprint density at radius 2 is 1.81 bits per heavy atom. The second-order valence-electron chi connectivity index (χ2n) is 5.98. The van der Waals surface area contributed by atoms with Gasteiger partial charge >= 0.3 is 0 Å². The molecular formula is C21H17ClN3O+. The number of nitrogens with zero attached hydrogens (tertiary/aromatic N) is 1. The lowest BCUT2D eigenvalue weighted by Gasteiger charge is -2.02. The van der Waals surface area contributed by atoms with Crippen molar-refractivity contribution < 1.29 is 9.20 Å². The molecule has 0 aliphatic heterocycles. The van der Waals surface area contributed by atoms with Crippen LogP contribution < -0.4 is 9.72 Å². The third-order valence-corrected chi connectivity index (χ3v) is 4.46. The number of carbonyl (C=O) groups excluding carboxylic acids is 1. The minimum absolute atomic E-state index is 0.147. The molecule has 0 fully saturated rings. The van der Waals surface area contributed by atoms with Gasteiger partial charge in [0.15, 0.2) is 5.52 Å². The first-order valence-electron chi connectivity index (χ1n) is 8.33. The molecule has 1 amide bonds. The molecule has 0 aliphatic carbocycles. The van der Waals surface area contributed by atoms with Gasteiger partial charge in [-0.2, -0.15) is 4.40 Å². The molecular weight excluding hydrogens is 346 g/mol. The van der Waals surface area contributed by atoms with Crippen LogP contribution in [0.5, 0.6) is 0 Å². The van der Waals surface area contributed by atoms with E-state index in [2.05, 4.69) is 10.3 Å². The van der Waals surface area contributed by atoms with E-state index in [-0.39, 0.29) is 5.91 Å². The number of fused-ring (bicyclic) bond motifs is 1. The Balaban J connectivity index is 1.70. The Morgan fingerprint density at radius 1 is 1.00 bits per heavy atom. The lowest BCUT2D eigenvalue weighted by atomic mass is 10.2. The van der Waals surface area contributed by atoms with Crippen LogP contribution in [-0.2, 0) is 6.54 Å². The molecule has 2 heterocycles. The van der Waals surface area contributed by atoms with Gasteiger partial charge in [0.05, 0.1) is 11.8 Å². The molecule has 0 spiro atoms. The first-order chi connectivity index (χ1) is 12.7. The molecule has 0 radical (unpaired) electrons. The van der Waals surface area contributed by atoms with E-state index in [0.717, 1.165) is 22.5 Å². The van der Waals surface area contributed by atoms with E-state index >= 15 is 0 Å². The first kappa shape index (κ1) is 16.4. The van der Waals surface area contributed by atoms with Crippen molar-refractivity contribution in [2.45, 2.75) is 6.54 Å². The van der Waals surface area contributed by atoms with Crippen molar-refractivity contribution >= 4 is 23.0 Å². The summed E-state index contributed by atoms with van der Waals surface area (Å²) in [6.07, 6.45) is 1.93. The summed E-state index contributed by atoms with van der Waals surface area (Å²) >= 11 is 6.13. The van der Waals surface area contributed by atoms with Crippen molar-refractivity contribution in [2.24, 2.45) is 0 Å². The Morgan fingerprint density at radius 3 is 2.62 bits per heavy atom. The van der Waals surface area contributed by atoms with Crippen LogP contribution in [0.1, 0.15) is 16.1 Å². The molecule has 2 aromatic heterocycles. The minimum atomic E-state index is -0.147. The maximum atomic E-state index is 12.8. The number of aromatic nitrogens is 2. The van der Waals surface area contributed by atoms with Gasteiger partial charge < -0.3 is 5.32 Å². The Labute approximate surface area is 156 Å². The molecule has 0 unspecified atom stereocenters. The number of hydrogen-bond donors (Lipinski definition) is 2. The van der Waals surface area contributed by atoms with Crippen molar-refractivity contribution in [2.75, 3.05) is 0 Å². The van der Waals surface area contributed by atoms with Crippen LogP contribution in [0.4, 0.5) is 0 Å². The van der Waals surface area contributed by atoms with Crippen molar-refractivity contribution in [3.8, 4) is 11.4 Å². The molecule has 0 bridgehead atoms. The summed E-state index contributed by atoms with van der Waals surface area (Å²) < 4.78 is 1.96. The number of amides is 1. The molecule has 26 heavy (non-hydrogen) atoms. The summed E-state index contributed by atoms with van der Waals surface area (Å²) in [5, 5.41) is 3.62. The third kappa shape index (κ3) is 3.19. The Bertz CT molecular complexity index is 1070. The zero-order chi connectivity index (χ0) is 17.9. The second kappa shape index (κ2) is 7.02.